The van der Waals surface area contributed by atoms with Crippen molar-refractivity contribution in [2.75, 3.05) is 13.7 Å². The fourth-order valence-electron chi connectivity index (χ4n) is 2.70. The average Bonchev–Trinajstić information content (AvgIpc) is 2.47. The van der Waals surface area contributed by atoms with Gasteiger partial charge in [-0.15, -0.1) is 0 Å². The minimum atomic E-state index is -3.68. The molecule has 0 heterocycles. The highest BCUT2D eigenvalue weighted by atomic mass is 79.9. The van der Waals surface area contributed by atoms with Crippen molar-refractivity contribution in [3.63, 3.8) is 0 Å². The zero-order chi connectivity index (χ0) is 15.5. The summed E-state index contributed by atoms with van der Waals surface area (Å²) < 4.78 is 33.7. The number of benzene rings is 1. The average molecular weight is 378 g/mol. The number of halogens is 1. The first kappa shape index (κ1) is 16.7. The molecule has 2 unspecified atom stereocenters. The maximum atomic E-state index is 12.6. The molecule has 0 aromatic heterocycles. The van der Waals surface area contributed by atoms with Gasteiger partial charge in [0.15, 0.2) is 0 Å². The van der Waals surface area contributed by atoms with Crippen molar-refractivity contribution in [2.45, 2.75) is 36.6 Å². The zero-order valence-electron chi connectivity index (χ0n) is 11.9. The zero-order valence-corrected chi connectivity index (χ0v) is 14.3. The Morgan fingerprint density at radius 3 is 2.76 bits per heavy atom. The van der Waals surface area contributed by atoms with Gasteiger partial charge in [0.05, 0.1) is 7.11 Å². The van der Waals surface area contributed by atoms with Crippen molar-refractivity contribution < 1.29 is 18.3 Å². The number of methoxy groups -OCH3 is 1. The highest BCUT2D eigenvalue weighted by Gasteiger charge is 2.30. The maximum absolute atomic E-state index is 12.6. The number of aliphatic hydroxyl groups excluding tert-OH is 1. The van der Waals surface area contributed by atoms with Crippen LogP contribution in [0.15, 0.2) is 27.6 Å². The third-order valence-corrected chi connectivity index (χ3v) is 5.87. The lowest BCUT2D eigenvalue weighted by molar-refractivity contribution is 0.164. The Morgan fingerprint density at radius 1 is 1.38 bits per heavy atom. The van der Waals surface area contributed by atoms with E-state index in [2.05, 4.69) is 20.7 Å². The molecule has 21 heavy (non-hydrogen) atoms. The first-order valence-corrected chi connectivity index (χ1v) is 9.22. The van der Waals surface area contributed by atoms with Gasteiger partial charge in [-0.25, -0.2) is 13.1 Å². The molecule has 0 bridgehead atoms. The molecule has 0 radical (unpaired) electrons. The van der Waals surface area contributed by atoms with E-state index in [1.54, 1.807) is 12.1 Å². The predicted octanol–water partition coefficient (Wildman–Crippen LogP) is 2.29. The summed E-state index contributed by atoms with van der Waals surface area (Å²) in [6.45, 7) is 0.00278. The largest absolute Gasteiger partial charge is 0.495 e. The lowest BCUT2D eigenvalue weighted by atomic mass is 9.86. The smallest absolute Gasteiger partial charge is 0.244 e. The molecule has 1 saturated carbocycles. The lowest BCUT2D eigenvalue weighted by Crippen LogP contribution is -2.43. The number of aliphatic hydroxyl groups is 1. The van der Waals surface area contributed by atoms with Crippen molar-refractivity contribution in [3.05, 3.63) is 22.7 Å². The molecule has 118 valence electrons. The minimum Gasteiger partial charge on any atom is -0.495 e. The standard InChI is InChI=1S/C14H20BrNO4S/c1-20-13-7-6-11(15)8-14(13)21(18,19)16-12-5-3-2-4-10(12)9-17/h6-8,10,12,16-17H,2-5,9H2,1H3. The van der Waals surface area contributed by atoms with E-state index < -0.39 is 10.0 Å². The van der Waals surface area contributed by atoms with Gasteiger partial charge in [-0.1, -0.05) is 28.8 Å². The van der Waals surface area contributed by atoms with Gasteiger partial charge in [-0.3, -0.25) is 0 Å². The fraction of sp³-hybridized carbons (Fsp3) is 0.571. The van der Waals surface area contributed by atoms with Crippen molar-refractivity contribution in [1.82, 2.24) is 4.72 Å². The second-order valence-corrected chi connectivity index (χ2v) is 7.85. The van der Waals surface area contributed by atoms with Crippen LogP contribution in [0, 0.1) is 5.92 Å². The van der Waals surface area contributed by atoms with E-state index >= 15 is 0 Å². The SMILES string of the molecule is COc1ccc(Br)cc1S(=O)(=O)NC1CCCCC1CO. The minimum absolute atomic E-state index is 0.00278. The molecular weight excluding hydrogens is 358 g/mol. The maximum Gasteiger partial charge on any atom is 0.244 e. The molecule has 0 saturated heterocycles. The Labute approximate surface area is 133 Å². The van der Waals surface area contributed by atoms with Crippen LogP contribution < -0.4 is 9.46 Å². The predicted molar refractivity (Wildman–Crippen MR) is 83.8 cm³/mol. The van der Waals surface area contributed by atoms with Gasteiger partial charge in [0.25, 0.3) is 0 Å². The Morgan fingerprint density at radius 2 is 2.10 bits per heavy atom. The highest BCUT2D eigenvalue weighted by molar-refractivity contribution is 9.10. The van der Waals surface area contributed by atoms with E-state index in [1.807, 2.05) is 0 Å². The van der Waals surface area contributed by atoms with Crippen molar-refractivity contribution in [3.8, 4) is 5.75 Å². The third kappa shape index (κ3) is 3.97. The van der Waals surface area contributed by atoms with E-state index in [-0.39, 0.29) is 23.5 Å². The van der Waals surface area contributed by atoms with E-state index in [4.69, 9.17) is 4.74 Å². The molecule has 0 amide bonds. The molecule has 1 fully saturated rings. The van der Waals surface area contributed by atoms with Crippen molar-refractivity contribution >= 4 is 26.0 Å². The van der Waals surface area contributed by atoms with Crippen LogP contribution in [-0.4, -0.2) is 33.3 Å². The molecular formula is C14H20BrNO4S. The van der Waals surface area contributed by atoms with Gasteiger partial charge >= 0.3 is 0 Å². The summed E-state index contributed by atoms with van der Waals surface area (Å²) in [4.78, 5) is 0.113. The Hall–Kier alpha value is -0.630. The van der Waals surface area contributed by atoms with Crippen molar-refractivity contribution in [1.29, 1.82) is 0 Å². The van der Waals surface area contributed by atoms with Gasteiger partial charge in [0, 0.05) is 17.1 Å². The van der Waals surface area contributed by atoms with Gasteiger partial charge in [-0.05, 0) is 37.0 Å². The van der Waals surface area contributed by atoms with E-state index in [9.17, 15) is 13.5 Å². The molecule has 2 N–H and O–H groups in total. The number of ether oxygens (including phenoxy) is 1. The molecule has 7 heteroatoms. The fourth-order valence-corrected chi connectivity index (χ4v) is 4.75. The quantitative estimate of drug-likeness (QED) is 0.825. The highest BCUT2D eigenvalue weighted by Crippen LogP contribution is 2.30. The van der Waals surface area contributed by atoms with Crippen LogP contribution in [0.4, 0.5) is 0 Å². The summed E-state index contributed by atoms with van der Waals surface area (Å²) in [5, 5.41) is 9.41. The van der Waals surface area contributed by atoms with Crippen molar-refractivity contribution in [2.24, 2.45) is 5.92 Å². The van der Waals surface area contributed by atoms with Gasteiger partial charge < -0.3 is 9.84 Å². The van der Waals surface area contributed by atoms with Gasteiger partial charge in [0.2, 0.25) is 10.0 Å². The van der Waals surface area contributed by atoms with Gasteiger partial charge in [0.1, 0.15) is 10.6 Å². The van der Waals surface area contributed by atoms with Gasteiger partial charge in [-0.2, -0.15) is 0 Å². The molecule has 2 rings (SSSR count). The summed E-state index contributed by atoms with van der Waals surface area (Å²) in [5.74, 6) is 0.286. The van der Waals surface area contributed by atoms with E-state index in [0.29, 0.717) is 10.2 Å². The monoisotopic (exact) mass is 377 g/mol. The van der Waals surface area contributed by atoms with Crippen LogP contribution in [0.3, 0.4) is 0 Å². The molecule has 5 nitrogen and oxygen atoms in total. The number of nitrogens with one attached hydrogen (secondary N) is 1. The van der Waals surface area contributed by atoms with Crippen LogP contribution in [0.25, 0.3) is 0 Å². The summed E-state index contributed by atoms with van der Waals surface area (Å²) in [6.07, 6.45) is 3.60. The molecule has 0 spiro atoms. The van der Waals surface area contributed by atoms with E-state index in [0.717, 1.165) is 25.7 Å². The van der Waals surface area contributed by atoms with Crippen LogP contribution in [-0.2, 0) is 10.0 Å². The lowest BCUT2D eigenvalue weighted by Gasteiger charge is -2.30. The summed E-state index contributed by atoms with van der Waals surface area (Å²) >= 11 is 3.28. The first-order valence-electron chi connectivity index (χ1n) is 6.94. The summed E-state index contributed by atoms with van der Waals surface area (Å²) in [7, 11) is -2.24. The van der Waals surface area contributed by atoms with E-state index in [1.165, 1.54) is 13.2 Å². The normalized spacial score (nSPS) is 23.0. The third-order valence-electron chi connectivity index (χ3n) is 3.87. The Balaban J connectivity index is 2.27. The van der Waals surface area contributed by atoms with Crippen LogP contribution in [0.2, 0.25) is 0 Å². The van der Waals surface area contributed by atoms with Crippen LogP contribution in [0.5, 0.6) is 5.75 Å². The number of rotatable bonds is 5. The second-order valence-electron chi connectivity index (χ2n) is 5.25. The molecule has 1 aliphatic rings. The molecule has 1 aromatic rings. The number of hydrogen-bond acceptors (Lipinski definition) is 4. The summed E-state index contributed by atoms with van der Waals surface area (Å²) in [6, 6.07) is 4.65. The molecule has 1 aromatic carbocycles. The molecule has 2 atom stereocenters. The number of sulfonamides is 1. The number of hydrogen-bond donors (Lipinski definition) is 2. The Bertz CT molecular complexity index is 591. The van der Waals surface area contributed by atoms with Crippen LogP contribution in [0.1, 0.15) is 25.7 Å². The molecule has 1 aliphatic carbocycles. The summed E-state index contributed by atoms with van der Waals surface area (Å²) in [5.41, 5.74) is 0. The first-order chi connectivity index (χ1) is 9.97. The van der Waals surface area contributed by atoms with Crippen LogP contribution >= 0.6 is 15.9 Å². The topological polar surface area (TPSA) is 75.6 Å². The molecule has 0 aliphatic heterocycles. The second kappa shape index (κ2) is 7.09. The Kier molecular flexibility index (Phi) is 5.65.